The van der Waals surface area contributed by atoms with E-state index in [1.54, 1.807) is 12.1 Å². The Hall–Kier alpha value is -1.85. The van der Waals surface area contributed by atoms with Crippen molar-refractivity contribution in [2.45, 2.75) is 11.8 Å². The van der Waals surface area contributed by atoms with Crippen molar-refractivity contribution in [3.05, 3.63) is 52.0 Å². The van der Waals surface area contributed by atoms with E-state index in [1.807, 2.05) is 25.1 Å². The van der Waals surface area contributed by atoms with Gasteiger partial charge in [0.25, 0.3) is 5.91 Å². The second-order valence-corrected chi connectivity index (χ2v) is 10.3. The highest BCUT2D eigenvalue weighted by Crippen LogP contribution is 2.30. The van der Waals surface area contributed by atoms with E-state index < -0.39 is 15.9 Å². The monoisotopic (exact) mass is 495 g/mol. The number of aromatic nitrogens is 1. The lowest BCUT2D eigenvalue weighted by atomic mass is 10.2. The summed E-state index contributed by atoms with van der Waals surface area (Å²) in [5, 5.41) is 3.25. The van der Waals surface area contributed by atoms with Gasteiger partial charge in [0.1, 0.15) is 0 Å². The van der Waals surface area contributed by atoms with Gasteiger partial charge in [-0.25, -0.2) is 13.4 Å². The molecule has 0 atom stereocenters. The van der Waals surface area contributed by atoms with Crippen LogP contribution in [0.25, 0.3) is 10.2 Å². The van der Waals surface area contributed by atoms with E-state index in [2.05, 4.69) is 26.2 Å². The number of benzene rings is 2. The summed E-state index contributed by atoms with van der Waals surface area (Å²) in [4.78, 5) is 17.3. The van der Waals surface area contributed by atoms with Crippen LogP contribution in [0, 0.1) is 6.92 Å². The van der Waals surface area contributed by atoms with Gasteiger partial charge in [-0.15, -0.1) is 0 Å². The first kappa shape index (κ1) is 20.4. The third-order valence-corrected chi connectivity index (χ3v) is 8.45. The molecular weight excluding hydrogens is 478 g/mol. The minimum Gasteiger partial charge on any atom is -0.379 e. The molecule has 1 saturated heterocycles. The molecule has 152 valence electrons. The van der Waals surface area contributed by atoms with Crippen LogP contribution in [0.2, 0.25) is 0 Å². The van der Waals surface area contributed by atoms with Crippen molar-refractivity contribution in [1.82, 2.24) is 9.29 Å². The molecule has 2 heterocycles. The molecule has 2 aromatic carbocycles. The van der Waals surface area contributed by atoms with Crippen LogP contribution < -0.4 is 5.32 Å². The second-order valence-electron chi connectivity index (χ2n) is 6.56. The predicted octanol–water partition coefficient (Wildman–Crippen LogP) is 3.64. The number of sulfonamides is 1. The first-order chi connectivity index (χ1) is 13.9. The Balaban J connectivity index is 1.62. The highest BCUT2D eigenvalue weighted by Gasteiger charge is 2.29. The normalized spacial score (nSPS) is 15.5. The minimum atomic E-state index is -3.73. The maximum absolute atomic E-state index is 13.0. The number of nitrogens with zero attached hydrogens (tertiary/aromatic N) is 2. The number of hydrogen-bond donors (Lipinski definition) is 1. The second kappa shape index (κ2) is 8.11. The molecule has 0 unspecified atom stereocenters. The first-order valence-corrected chi connectivity index (χ1v) is 12.0. The van der Waals surface area contributed by atoms with Gasteiger partial charge >= 0.3 is 0 Å². The van der Waals surface area contributed by atoms with Crippen molar-refractivity contribution < 1.29 is 17.9 Å². The average molecular weight is 496 g/mol. The van der Waals surface area contributed by atoms with Crippen LogP contribution in [0.3, 0.4) is 0 Å². The lowest BCUT2D eigenvalue weighted by Crippen LogP contribution is -2.40. The largest absolute Gasteiger partial charge is 0.379 e. The summed E-state index contributed by atoms with van der Waals surface area (Å²) in [6.45, 7) is 3.25. The Labute approximate surface area is 180 Å². The third kappa shape index (κ3) is 4.08. The fourth-order valence-corrected chi connectivity index (χ4v) is 6.37. The van der Waals surface area contributed by atoms with Crippen LogP contribution in [0.1, 0.15) is 15.9 Å². The van der Waals surface area contributed by atoms with Gasteiger partial charge in [0.05, 0.1) is 28.3 Å². The number of anilines is 1. The average Bonchev–Trinajstić information content (AvgIpc) is 3.12. The van der Waals surface area contributed by atoms with E-state index in [0.29, 0.717) is 22.8 Å². The number of carbonyl (C=O) groups is 1. The van der Waals surface area contributed by atoms with Crippen LogP contribution in [-0.4, -0.2) is 49.9 Å². The number of hydrogen-bond acceptors (Lipinski definition) is 6. The number of halogens is 1. The highest BCUT2D eigenvalue weighted by molar-refractivity contribution is 9.10. The molecule has 0 bridgehead atoms. The number of amides is 1. The lowest BCUT2D eigenvalue weighted by molar-refractivity contribution is 0.0730. The fourth-order valence-electron chi connectivity index (χ4n) is 3.08. The Bertz CT molecular complexity index is 1190. The van der Waals surface area contributed by atoms with E-state index in [0.717, 1.165) is 15.8 Å². The molecule has 1 aliphatic rings. The Morgan fingerprint density at radius 3 is 2.72 bits per heavy atom. The molecule has 1 aromatic heterocycles. The molecule has 10 heteroatoms. The zero-order valence-corrected chi connectivity index (χ0v) is 18.7. The van der Waals surface area contributed by atoms with Crippen molar-refractivity contribution in [1.29, 1.82) is 0 Å². The molecule has 3 aromatic rings. The Morgan fingerprint density at radius 2 is 2.00 bits per heavy atom. The number of morpholine rings is 1. The topological polar surface area (TPSA) is 88.6 Å². The maximum Gasteiger partial charge on any atom is 0.257 e. The van der Waals surface area contributed by atoms with Gasteiger partial charge in [0, 0.05) is 23.1 Å². The summed E-state index contributed by atoms with van der Waals surface area (Å²) in [6, 6.07) is 10.4. The van der Waals surface area contributed by atoms with E-state index >= 15 is 0 Å². The Kier molecular flexibility index (Phi) is 5.71. The van der Waals surface area contributed by atoms with E-state index in [4.69, 9.17) is 4.74 Å². The van der Waals surface area contributed by atoms with E-state index in [1.165, 1.54) is 21.7 Å². The van der Waals surface area contributed by atoms with E-state index in [9.17, 15) is 13.2 Å². The smallest absolute Gasteiger partial charge is 0.257 e. The number of rotatable bonds is 4. The van der Waals surface area contributed by atoms with Crippen LogP contribution >= 0.6 is 27.3 Å². The van der Waals surface area contributed by atoms with Gasteiger partial charge in [-0.05, 0) is 52.7 Å². The maximum atomic E-state index is 13.0. The minimum absolute atomic E-state index is 0.0622. The quantitative estimate of drug-likeness (QED) is 0.596. The molecule has 1 amide bonds. The van der Waals surface area contributed by atoms with Crippen molar-refractivity contribution in [3.8, 4) is 0 Å². The van der Waals surface area contributed by atoms with E-state index in [-0.39, 0.29) is 23.5 Å². The number of carbonyl (C=O) groups excluding carboxylic acids is 1. The van der Waals surface area contributed by atoms with Gasteiger partial charge in [0.2, 0.25) is 10.0 Å². The summed E-state index contributed by atoms with van der Waals surface area (Å²) >= 11 is 4.68. The van der Waals surface area contributed by atoms with Crippen molar-refractivity contribution in [3.63, 3.8) is 0 Å². The number of thiazole rings is 1. The van der Waals surface area contributed by atoms with Crippen molar-refractivity contribution in [2.75, 3.05) is 31.6 Å². The van der Waals surface area contributed by atoms with Crippen LogP contribution in [0.15, 0.2) is 45.8 Å². The zero-order valence-electron chi connectivity index (χ0n) is 15.5. The number of nitrogens with one attached hydrogen (secondary N) is 1. The SMILES string of the molecule is Cc1cccc2sc(NC(=O)c3ccc(Br)c(S(=O)(=O)N4CCOCC4)c3)nc12. The summed E-state index contributed by atoms with van der Waals surface area (Å²) in [6.07, 6.45) is 0. The van der Waals surface area contributed by atoms with Gasteiger partial charge in [-0.1, -0.05) is 23.5 Å². The Morgan fingerprint density at radius 1 is 1.24 bits per heavy atom. The molecule has 1 N–H and O–H groups in total. The van der Waals surface area contributed by atoms with Crippen LogP contribution in [-0.2, 0) is 14.8 Å². The molecule has 29 heavy (non-hydrogen) atoms. The van der Waals surface area contributed by atoms with Crippen molar-refractivity contribution in [2.24, 2.45) is 0 Å². The lowest BCUT2D eigenvalue weighted by Gasteiger charge is -2.26. The molecule has 1 fully saturated rings. The number of fused-ring (bicyclic) bond motifs is 1. The summed E-state index contributed by atoms with van der Waals surface area (Å²) in [7, 11) is -3.73. The molecule has 4 rings (SSSR count). The molecule has 0 spiro atoms. The molecule has 0 saturated carbocycles. The summed E-state index contributed by atoms with van der Waals surface area (Å²) < 4.78 is 34.0. The number of ether oxygens (including phenoxy) is 1. The molecule has 0 aliphatic carbocycles. The van der Waals surface area contributed by atoms with Gasteiger partial charge in [-0.2, -0.15) is 4.31 Å². The summed E-state index contributed by atoms with van der Waals surface area (Å²) in [5.74, 6) is -0.410. The van der Waals surface area contributed by atoms with Gasteiger partial charge < -0.3 is 4.74 Å². The number of aryl methyl sites for hydroxylation is 1. The van der Waals surface area contributed by atoms with Crippen LogP contribution in [0.4, 0.5) is 5.13 Å². The predicted molar refractivity (Wildman–Crippen MR) is 116 cm³/mol. The van der Waals surface area contributed by atoms with Gasteiger partial charge in [0.15, 0.2) is 5.13 Å². The zero-order chi connectivity index (χ0) is 20.6. The standard InChI is InChI=1S/C19H18BrN3O4S2/c1-12-3-2-4-15-17(12)21-19(28-15)22-18(24)13-5-6-14(20)16(11-13)29(25,26)23-7-9-27-10-8-23/h2-6,11H,7-10H2,1H3,(H,21,22,24). The number of para-hydroxylation sites is 1. The molecule has 0 radical (unpaired) electrons. The van der Waals surface area contributed by atoms with Gasteiger partial charge in [-0.3, -0.25) is 10.1 Å². The first-order valence-electron chi connectivity index (χ1n) is 8.91. The van der Waals surface area contributed by atoms with Crippen molar-refractivity contribution >= 4 is 58.5 Å². The summed E-state index contributed by atoms with van der Waals surface area (Å²) in [5.41, 5.74) is 2.12. The highest BCUT2D eigenvalue weighted by atomic mass is 79.9. The molecule has 1 aliphatic heterocycles. The third-order valence-electron chi connectivity index (χ3n) is 4.62. The molecular formula is C19H18BrN3O4S2. The van der Waals surface area contributed by atoms with Crippen LogP contribution in [0.5, 0.6) is 0 Å². The molecule has 7 nitrogen and oxygen atoms in total. The fraction of sp³-hybridized carbons (Fsp3) is 0.263.